The molecule has 1 fully saturated rings. The van der Waals surface area contributed by atoms with Crippen molar-refractivity contribution >= 4 is 52.3 Å². The lowest BCUT2D eigenvalue weighted by atomic mass is 10.0. The lowest BCUT2D eigenvalue weighted by Gasteiger charge is -2.17. The Hall–Kier alpha value is -1.57. The molecule has 26 heavy (non-hydrogen) atoms. The standard InChI is InChI=1S/C17H21Cl2N3O3S/c1-10(25-14-7-6-12(18)9-13(14)19)16(24)21-22-17(26)20-15(23)8-11-4-2-3-5-11/h6-7,9-11H,2-5,8H2,1H3,(H,21,24)(H2,20,22,23,26). The van der Waals surface area contributed by atoms with Crippen LogP contribution in [-0.2, 0) is 9.59 Å². The van der Waals surface area contributed by atoms with Gasteiger partial charge in [0.2, 0.25) is 5.91 Å². The second kappa shape index (κ2) is 9.94. The molecule has 1 aromatic carbocycles. The summed E-state index contributed by atoms with van der Waals surface area (Å²) >= 11 is 16.8. The van der Waals surface area contributed by atoms with Crippen molar-refractivity contribution in [1.29, 1.82) is 0 Å². The summed E-state index contributed by atoms with van der Waals surface area (Å²) in [6.45, 7) is 1.56. The van der Waals surface area contributed by atoms with Crippen molar-refractivity contribution in [3.63, 3.8) is 0 Å². The normalized spacial score (nSPS) is 15.2. The molecule has 1 saturated carbocycles. The maximum absolute atomic E-state index is 12.1. The van der Waals surface area contributed by atoms with Gasteiger partial charge in [-0.25, -0.2) is 0 Å². The van der Waals surface area contributed by atoms with Gasteiger partial charge in [-0.3, -0.25) is 20.4 Å². The Morgan fingerprint density at radius 3 is 2.62 bits per heavy atom. The van der Waals surface area contributed by atoms with Gasteiger partial charge in [0.1, 0.15) is 5.75 Å². The Labute approximate surface area is 167 Å². The molecule has 0 aliphatic heterocycles. The first-order valence-corrected chi connectivity index (χ1v) is 9.53. The minimum Gasteiger partial charge on any atom is -0.479 e. The van der Waals surface area contributed by atoms with Crippen molar-refractivity contribution in [2.45, 2.75) is 45.1 Å². The maximum atomic E-state index is 12.1. The molecule has 1 atom stereocenters. The van der Waals surface area contributed by atoms with Crippen LogP contribution in [0.1, 0.15) is 39.0 Å². The van der Waals surface area contributed by atoms with Crippen LogP contribution in [0.2, 0.25) is 10.0 Å². The molecule has 1 aliphatic rings. The zero-order valence-corrected chi connectivity index (χ0v) is 16.6. The number of halogens is 2. The van der Waals surface area contributed by atoms with Gasteiger partial charge in [-0.05, 0) is 56.1 Å². The Morgan fingerprint density at radius 2 is 1.96 bits per heavy atom. The van der Waals surface area contributed by atoms with Gasteiger partial charge >= 0.3 is 0 Å². The highest BCUT2D eigenvalue weighted by Gasteiger charge is 2.20. The van der Waals surface area contributed by atoms with Crippen LogP contribution < -0.4 is 20.9 Å². The fraction of sp³-hybridized carbons (Fsp3) is 0.471. The molecule has 6 nitrogen and oxygen atoms in total. The van der Waals surface area contributed by atoms with Crippen LogP contribution >= 0.6 is 35.4 Å². The van der Waals surface area contributed by atoms with Gasteiger partial charge in [0.05, 0.1) is 5.02 Å². The molecule has 0 radical (unpaired) electrons. The molecule has 2 rings (SSSR count). The number of hydrazine groups is 1. The highest BCUT2D eigenvalue weighted by atomic mass is 35.5. The Morgan fingerprint density at radius 1 is 1.27 bits per heavy atom. The molecular weight excluding hydrogens is 397 g/mol. The number of benzene rings is 1. The molecule has 9 heteroatoms. The second-order valence-electron chi connectivity index (χ2n) is 6.18. The average molecular weight is 418 g/mol. The molecule has 3 N–H and O–H groups in total. The van der Waals surface area contributed by atoms with E-state index in [-0.39, 0.29) is 11.0 Å². The average Bonchev–Trinajstić information content (AvgIpc) is 3.07. The monoisotopic (exact) mass is 417 g/mol. The van der Waals surface area contributed by atoms with E-state index in [0.717, 1.165) is 12.8 Å². The molecule has 0 spiro atoms. The second-order valence-corrected chi connectivity index (χ2v) is 7.43. The smallest absolute Gasteiger partial charge is 0.279 e. The van der Waals surface area contributed by atoms with E-state index in [0.29, 0.717) is 28.1 Å². The molecule has 0 aromatic heterocycles. The van der Waals surface area contributed by atoms with Crippen LogP contribution in [0.25, 0.3) is 0 Å². The first-order chi connectivity index (χ1) is 12.3. The minimum atomic E-state index is -0.835. The number of hydrogen-bond donors (Lipinski definition) is 3. The summed E-state index contributed by atoms with van der Waals surface area (Å²) in [5.41, 5.74) is 4.89. The zero-order chi connectivity index (χ0) is 19.1. The summed E-state index contributed by atoms with van der Waals surface area (Å²) in [6.07, 6.45) is 4.11. The van der Waals surface area contributed by atoms with E-state index in [1.807, 2.05) is 0 Å². The lowest BCUT2D eigenvalue weighted by Crippen LogP contribution is -2.51. The van der Waals surface area contributed by atoms with E-state index in [1.54, 1.807) is 19.1 Å². The molecule has 1 aromatic rings. The van der Waals surface area contributed by atoms with Crippen LogP contribution in [-0.4, -0.2) is 23.0 Å². The molecule has 1 aliphatic carbocycles. The zero-order valence-electron chi connectivity index (χ0n) is 14.3. The van der Waals surface area contributed by atoms with E-state index in [4.69, 9.17) is 40.2 Å². The first kappa shape index (κ1) is 20.7. The third kappa shape index (κ3) is 6.63. The van der Waals surface area contributed by atoms with Gasteiger partial charge in [-0.15, -0.1) is 0 Å². The van der Waals surface area contributed by atoms with Crippen molar-refractivity contribution in [1.82, 2.24) is 16.2 Å². The van der Waals surface area contributed by atoms with Crippen LogP contribution in [0.3, 0.4) is 0 Å². The number of amides is 2. The van der Waals surface area contributed by atoms with Gasteiger partial charge in [0.15, 0.2) is 11.2 Å². The largest absolute Gasteiger partial charge is 0.479 e. The highest BCUT2D eigenvalue weighted by molar-refractivity contribution is 7.80. The van der Waals surface area contributed by atoms with Crippen molar-refractivity contribution in [3.8, 4) is 5.75 Å². The summed E-state index contributed by atoms with van der Waals surface area (Å²) in [7, 11) is 0. The first-order valence-electron chi connectivity index (χ1n) is 8.36. The van der Waals surface area contributed by atoms with Gasteiger partial charge in [-0.1, -0.05) is 36.0 Å². The topological polar surface area (TPSA) is 79.5 Å². The third-order valence-electron chi connectivity index (χ3n) is 4.07. The summed E-state index contributed by atoms with van der Waals surface area (Å²) in [6, 6.07) is 4.72. The summed E-state index contributed by atoms with van der Waals surface area (Å²) in [5.74, 6) is 0.139. The van der Waals surface area contributed by atoms with Crippen LogP contribution in [0.4, 0.5) is 0 Å². The van der Waals surface area contributed by atoms with Gasteiger partial charge < -0.3 is 10.1 Å². The van der Waals surface area contributed by atoms with Crippen LogP contribution in [0.5, 0.6) is 5.75 Å². The van der Waals surface area contributed by atoms with Gasteiger partial charge in [0.25, 0.3) is 5.91 Å². The molecule has 2 amide bonds. The number of thiocarbonyl (C=S) groups is 1. The Bertz CT molecular complexity index is 681. The third-order valence-corrected chi connectivity index (χ3v) is 4.80. The number of rotatable bonds is 5. The molecule has 1 unspecified atom stereocenters. The van der Waals surface area contributed by atoms with Crippen LogP contribution in [0.15, 0.2) is 18.2 Å². The summed E-state index contributed by atoms with van der Waals surface area (Å²) < 4.78 is 5.49. The molecule has 0 saturated heterocycles. The fourth-order valence-corrected chi connectivity index (χ4v) is 3.34. The van der Waals surface area contributed by atoms with Crippen molar-refractivity contribution in [3.05, 3.63) is 28.2 Å². The fourth-order valence-electron chi connectivity index (χ4n) is 2.72. The predicted molar refractivity (Wildman–Crippen MR) is 105 cm³/mol. The molecular formula is C17H21Cl2N3O3S. The molecule has 142 valence electrons. The maximum Gasteiger partial charge on any atom is 0.279 e. The molecule has 0 heterocycles. The summed E-state index contributed by atoms with van der Waals surface area (Å²) in [5, 5.41) is 3.37. The van der Waals surface area contributed by atoms with E-state index >= 15 is 0 Å². The molecule has 0 bridgehead atoms. The SMILES string of the molecule is CC(Oc1ccc(Cl)cc1Cl)C(=O)NNC(=S)NC(=O)CC1CCCC1. The Balaban J connectivity index is 1.72. The highest BCUT2D eigenvalue weighted by Crippen LogP contribution is 2.28. The number of hydrogen-bond acceptors (Lipinski definition) is 4. The number of nitrogens with one attached hydrogen (secondary N) is 3. The number of ether oxygens (including phenoxy) is 1. The predicted octanol–water partition coefficient (Wildman–Crippen LogP) is 3.36. The van der Waals surface area contributed by atoms with Crippen LogP contribution in [0, 0.1) is 5.92 Å². The van der Waals surface area contributed by atoms with Gasteiger partial charge in [0, 0.05) is 11.4 Å². The lowest BCUT2D eigenvalue weighted by molar-refractivity contribution is -0.128. The quantitative estimate of drug-likeness (QED) is 0.505. The van der Waals surface area contributed by atoms with Crippen molar-refractivity contribution < 1.29 is 14.3 Å². The van der Waals surface area contributed by atoms with E-state index in [1.165, 1.54) is 18.9 Å². The van der Waals surface area contributed by atoms with Crippen molar-refractivity contribution in [2.75, 3.05) is 0 Å². The van der Waals surface area contributed by atoms with E-state index in [9.17, 15) is 9.59 Å². The minimum absolute atomic E-state index is 0.0399. The Kier molecular flexibility index (Phi) is 7.93. The number of carbonyl (C=O) groups is 2. The van der Waals surface area contributed by atoms with E-state index < -0.39 is 12.0 Å². The van der Waals surface area contributed by atoms with Crippen molar-refractivity contribution in [2.24, 2.45) is 5.92 Å². The number of carbonyl (C=O) groups excluding carboxylic acids is 2. The van der Waals surface area contributed by atoms with Gasteiger partial charge in [-0.2, -0.15) is 0 Å². The summed E-state index contributed by atoms with van der Waals surface area (Å²) in [4.78, 5) is 23.9. The van der Waals surface area contributed by atoms with E-state index in [2.05, 4.69) is 16.2 Å².